The first kappa shape index (κ1) is 30.3. The molecule has 2 unspecified atom stereocenters. The number of rotatable bonds is 11. The summed E-state index contributed by atoms with van der Waals surface area (Å²) in [6, 6.07) is 14.0. The third-order valence-corrected chi connectivity index (χ3v) is 6.13. The lowest BCUT2D eigenvalue weighted by Gasteiger charge is -2.31. The first-order valence-corrected chi connectivity index (χ1v) is 12.3. The molecule has 1 N–H and O–H groups in total. The number of benzene rings is 2. The number of hydrogen-bond donors (Lipinski definition) is 1. The molecule has 11 heteroatoms. The van der Waals surface area contributed by atoms with Gasteiger partial charge in [0, 0.05) is 24.2 Å². The molecule has 2 aromatic carbocycles. The molecule has 2 atom stereocenters. The summed E-state index contributed by atoms with van der Waals surface area (Å²) >= 11 is 0. The van der Waals surface area contributed by atoms with Crippen molar-refractivity contribution < 1.29 is 36.2 Å². The number of amides is 1. The predicted octanol–water partition coefficient (Wildman–Crippen LogP) is 6.15. The maximum Gasteiger partial charge on any atom is 0.417 e. The SMILES string of the molecule is CC(NC(=O)C(C)(C)Oc1ccc(C(F)(F)F)cn1)C(Cc1ccc(OCC[18F])cc1)c1cc(F)cc(C#N)c1. The second kappa shape index (κ2) is 12.8. The van der Waals surface area contributed by atoms with E-state index in [4.69, 9.17) is 9.47 Å². The smallest absolute Gasteiger partial charge is 0.417 e. The van der Waals surface area contributed by atoms with E-state index in [9.17, 15) is 32.0 Å². The van der Waals surface area contributed by atoms with Crippen LogP contribution in [0, 0.1) is 17.1 Å². The maximum atomic E-state index is 14.4. The number of nitriles is 1. The highest BCUT2D eigenvalue weighted by atomic mass is 19.4. The minimum atomic E-state index is -4.56. The normalized spacial score (nSPS) is 13.2. The number of carbonyl (C=O) groups excluding carboxylic acids is 1. The third-order valence-electron chi connectivity index (χ3n) is 6.13. The van der Waals surface area contributed by atoms with E-state index in [-0.39, 0.29) is 18.1 Å². The summed E-state index contributed by atoms with van der Waals surface area (Å²) < 4.78 is 76.1. The van der Waals surface area contributed by atoms with Crippen LogP contribution < -0.4 is 14.8 Å². The second-order valence-electron chi connectivity index (χ2n) is 9.63. The summed E-state index contributed by atoms with van der Waals surface area (Å²) in [5, 5.41) is 12.2. The van der Waals surface area contributed by atoms with E-state index in [0.717, 1.165) is 23.8 Å². The van der Waals surface area contributed by atoms with Crippen molar-refractivity contribution in [3.8, 4) is 17.7 Å². The van der Waals surface area contributed by atoms with Crippen LogP contribution >= 0.6 is 0 Å². The van der Waals surface area contributed by atoms with Crippen LogP contribution in [0.2, 0.25) is 0 Å². The number of nitrogens with zero attached hydrogens (tertiary/aromatic N) is 2. The van der Waals surface area contributed by atoms with Gasteiger partial charge in [0.25, 0.3) is 5.91 Å². The summed E-state index contributed by atoms with van der Waals surface area (Å²) in [6.07, 6.45) is -3.61. The molecule has 0 aliphatic heterocycles. The van der Waals surface area contributed by atoms with Crippen molar-refractivity contribution in [3.63, 3.8) is 0 Å². The molecule has 3 rings (SSSR count). The zero-order valence-electron chi connectivity index (χ0n) is 22.1. The Bertz CT molecular complexity index is 1340. The topological polar surface area (TPSA) is 84.2 Å². The van der Waals surface area contributed by atoms with Crippen LogP contribution in [0.4, 0.5) is 22.0 Å². The average Bonchev–Trinajstić information content (AvgIpc) is 2.90. The van der Waals surface area contributed by atoms with E-state index in [2.05, 4.69) is 10.3 Å². The third kappa shape index (κ3) is 8.15. The largest absolute Gasteiger partial charge is 0.491 e. The first-order valence-electron chi connectivity index (χ1n) is 12.3. The van der Waals surface area contributed by atoms with Gasteiger partial charge in [-0.3, -0.25) is 4.79 Å². The molecule has 40 heavy (non-hydrogen) atoms. The monoisotopic (exact) mass is 560 g/mol. The fourth-order valence-corrected chi connectivity index (χ4v) is 4.00. The number of hydrogen-bond acceptors (Lipinski definition) is 5. The molecule has 0 spiro atoms. The molecule has 3 aromatic rings. The van der Waals surface area contributed by atoms with Gasteiger partial charge in [-0.1, -0.05) is 12.1 Å². The number of halogens is 5. The lowest BCUT2D eigenvalue weighted by Crippen LogP contribution is -2.51. The fourth-order valence-electron chi connectivity index (χ4n) is 4.00. The minimum absolute atomic E-state index is 0.0783. The molecule has 0 saturated carbocycles. The quantitative estimate of drug-likeness (QED) is 0.285. The minimum Gasteiger partial charge on any atom is -0.491 e. The lowest BCUT2D eigenvalue weighted by atomic mass is 9.85. The van der Waals surface area contributed by atoms with Crippen LogP contribution in [0.5, 0.6) is 11.6 Å². The van der Waals surface area contributed by atoms with Gasteiger partial charge in [0.05, 0.1) is 17.2 Å². The Labute approximate surface area is 228 Å². The van der Waals surface area contributed by atoms with Crippen LogP contribution in [-0.4, -0.2) is 35.8 Å². The van der Waals surface area contributed by atoms with Crippen LogP contribution in [0.3, 0.4) is 0 Å². The Morgan fingerprint density at radius 1 is 1.10 bits per heavy atom. The molecule has 1 aromatic heterocycles. The van der Waals surface area contributed by atoms with Crippen LogP contribution in [-0.2, 0) is 17.4 Å². The van der Waals surface area contributed by atoms with E-state index in [0.29, 0.717) is 23.9 Å². The number of alkyl halides is 4. The standard InChI is InChI=1S/C29H28F5N3O3/c1-18(37-27(38)28(2,3)40-26-9-6-22(17-36-26)29(32,33)34)25(21-12-20(16-35)13-23(31)15-21)14-19-4-7-24(8-5-19)39-11-10-30/h4-9,12-13,15,17-18,25H,10-11,14H2,1-3H3,(H,37,38)/i30-1. The van der Waals surface area contributed by atoms with Gasteiger partial charge >= 0.3 is 6.18 Å². The molecule has 1 heterocycles. The van der Waals surface area contributed by atoms with Gasteiger partial charge in [0.2, 0.25) is 5.88 Å². The highest BCUT2D eigenvalue weighted by molar-refractivity contribution is 5.85. The van der Waals surface area contributed by atoms with E-state index < -0.39 is 47.7 Å². The fraction of sp³-hybridized carbons (Fsp3) is 0.345. The first-order chi connectivity index (χ1) is 18.8. The van der Waals surface area contributed by atoms with E-state index >= 15 is 0 Å². The van der Waals surface area contributed by atoms with Gasteiger partial charge in [0.15, 0.2) is 5.60 Å². The zero-order chi connectivity index (χ0) is 29.5. The second-order valence-corrected chi connectivity index (χ2v) is 9.63. The summed E-state index contributed by atoms with van der Waals surface area (Å²) in [4.78, 5) is 16.9. The van der Waals surface area contributed by atoms with Crippen molar-refractivity contribution >= 4 is 5.91 Å². The van der Waals surface area contributed by atoms with Gasteiger partial charge < -0.3 is 14.8 Å². The number of nitrogens with one attached hydrogen (secondary N) is 1. The van der Waals surface area contributed by atoms with Gasteiger partial charge in [-0.25, -0.2) is 13.8 Å². The lowest BCUT2D eigenvalue weighted by molar-refractivity contribution is -0.138. The number of aromatic nitrogens is 1. The number of pyridine rings is 1. The highest BCUT2D eigenvalue weighted by Gasteiger charge is 2.35. The number of ether oxygens (including phenoxy) is 2. The highest BCUT2D eigenvalue weighted by Crippen LogP contribution is 2.31. The van der Waals surface area contributed by atoms with Gasteiger partial charge in [0.1, 0.15) is 24.8 Å². The van der Waals surface area contributed by atoms with E-state index in [1.807, 2.05) is 6.07 Å². The summed E-state index contributed by atoms with van der Waals surface area (Å²) in [5.74, 6) is -1.38. The van der Waals surface area contributed by atoms with E-state index in [1.54, 1.807) is 37.3 Å². The molecular weight excluding hydrogens is 532 g/mol. The number of carbonyl (C=O) groups is 1. The van der Waals surface area contributed by atoms with Crippen molar-refractivity contribution in [3.05, 3.63) is 88.9 Å². The van der Waals surface area contributed by atoms with Crippen LogP contribution in [0.25, 0.3) is 0 Å². The molecular formula is C29H28F5N3O3. The molecule has 1 amide bonds. The zero-order valence-corrected chi connectivity index (χ0v) is 22.1. The van der Waals surface area contributed by atoms with Crippen LogP contribution in [0.1, 0.15) is 48.9 Å². The summed E-state index contributed by atoms with van der Waals surface area (Å²) in [7, 11) is 0. The molecule has 0 radical (unpaired) electrons. The van der Waals surface area contributed by atoms with Gasteiger partial charge in [-0.15, -0.1) is 0 Å². The Hall–Kier alpha value is -4.20. The summed E-state index contributed by atoms with van der Waals surface area (Å²) in [5.41, 5.74) is -1.07. The Kier molecular flexibility index (Phi) is 9.69. The Morgan fingerprint density at radius 3 is 2.38 bits per heavy atom. The van der Waals surface area contributed by atoms with Crippen molar-refractivity contribution in [2.45, 2.75) is 50.9 Å². The summed E-state index contributed by atoms with van der Waals surface area (Å²) in [6.45, 7) is 3.89. The van der Waals surface area contributed by atoms with Crippen molar-refractivity contribution in [1.29, 1.82) is 5.26 Å². The van der Waals surface area contributed by atoms with Crippen molar-refractivity contribution in [2.75, 3.05) is 13.3 Å². The molecule has 0 aliphatic carbocycles. The average molecular weight is 561 g/mol. The molecule has 0 saturated heterocycles. The molecule has 212 valence electrons. The Balaban J connectivity index is 1.81. The van der Waals surface area contributed by atoms with E-state index in [1.165, 1.54) is 19.9 Å². The van der Waals surface area contributed by atoms with Gasteiger partial charge in [-0.05, 0) is 74.7 Å². The van der Waals surface area contributed by atoms with Gasteiger partial charge in [-0.2, -0.15) is 18.4 Å². The van der Waals surface area contributed by atoms with Crippen LogP contribution in [0.15, 0.2) is 60.8 Å². The molecule has 6 nitrogen and oxygen atoms in total. The molecule has 0 bridgehead atoms. The molecule has 0 fully saturated rings. The Morgan fingerprint density at radius 2 is 1.80 bits per heavy atom. The van der Waals surface area contributed by atoms with Crippen molar-refractivity contribution in [2.24, 2.45) is 0 Å². The molecule has 0 aliphatic rings. The predicted molar refractivity (Wildman–Crippen MR) is 137 cm³/mol. The van der Waals surface area contributed by atoms with Crippen molar-refractivity contribution in [1.82, 2.24) is 10.3 Å². The maximum absolute atomic E-state index is 14.4.